The van der Waals surface area contributed by atoms with Crippen molar-refractivity contribution >= 4 is 53.9 Å². The molecule has 0 aliphatic heterocycles. The lowest BCUT2D eigenvalue weighted by molar-refractivity contribution is 1.19. The van der Waals surface area contributed by atoms with E-state index in [1.165, 1.54) is 81.9 Å². The molecule has 10 aromatic carbocycles. The second-order valence-corrected chi connectivity index (χ2v) is 14.9. The van der Waals surface area contributed by atoms with Gasteiger partial charge in [0.25, 0.3) is 0 Å². The van der Waals surface area contributed by atoms with Crippen LogP contribution in [0.25, 0.3) is 121 Å². The van der Waals surface area contributed by atoms with Crippen molar-refractivity contribution in [2.24, 2.45) is 0 Å². The summed E-state index contributed by atoms with van der Waals surface area (Å²) >= 11 is 0. The number of fused-ring (bicyclic) bond motifs is 8. The van der Waals surface area contributed by atoms with E-state index in [9.17, 15) is 0 Å². The first-order valence-electron chi connectivity index (χ1n) is 19.2. The second-order valence-electron chi connectivity index (χ2n) is 14.9. The summed E-state index contributed by atoms with van der Waals surface area (Å²) in [6.07, 6.45) is 0. The molecule has 0 N–H and O–H groups in total. The number of nitrogens with zero attached hydrogens (tertiary/aromatic N) is 2. The van der Waals surface area contributed by atoms with E-state index >= 15 is 0 Å². The van der Waals surface area contributed by atoms with Crippen LogP contribution in [0.1, 0.15) is 0 Å². The zero-order chi connectivity index (χ0) is 36.7. The fourth-order valence-corrected chi connectivity index (χ4v) is 9.25. The van der Waals surface area contributed by atoms with Crippen LogP contribution in [-0.2, 0) is 0 Å². The smallest absolute Gasteiger partial charge is 0.160 e. The van der Waals surface area contributed by atoms with Crippen molar-refractivity contribution in [2.45, 2.75) is 0 Å². The van der Waals surface area contributed by atoms with Gasteiger partial charge in [-0.15, -0.1) is 0 Å². The molecule has 0 spiro atoms. The van der Waals surface area contributed by atoms with E-state index in [0.717, 1.165) is 33.5 Å². The highest BCUT2D eigenvalue weighted by Crippen LogP contribution is 2.49. The third-order valence-electron chi connectivity index (χ3n) is 11.8. The minimum Gasteiger partial charge on any atom is -0.228 e. The summed E-state index contributed by atoms with van der Waals surface area (Å²) < 4.78 is 0. The predicted molar refractivity (Wildman–Crippen MR) is 236 cm³/mol. The van der Waals surface area contributed by atoms with Crippen molar-refractivity contribution in [3.8, 4) is 67.3 Å². The van der Waals surface area contributed by atoms with Crippen LogP contribution >= 0.6 is 0 Å². The van der Waals surface area contributed by atoms with Gasteiger partial charge in [0, 0.05) is 16.7 Å². The Morgan fingerprint density at radius 3 is 1.71 bits per heavy atom. The molecule has 12 rings (SSSR count). The van der Waals surface area contributed by atoms with E-state index in [1.54, 1.807) is 0 Å². The van der Waals surface area contributed by atoms with Crippen molar-refractivity contribution in [3.63, 3.8) is 0 Å². The van der Waals surface area contributed by atoms with E-state index in [4.69, 9.17) is 9.97 Å². The molecule has 0 amide bonds. The molecule has 1 aliphatic rings. The van der Waals surface area contributed by atoms with Gasteiger partial charge in [-0.1, -0.05) is 176 Å². The molecule has 0 radical (unpaired) electrons. The standard InChI is InChI=1S/C54H32N2/c1-2-13-35(14-3-1)54-55-50(37-25-26-42-44-22-10-16-34-17-11-23-45(52(34)44)49(42)31-37)32-51(56-54)43-28-29-46(41-21-9-8-20-40(41)43)53-39-19-7-5-15-36(39)30-48-38-18-6-4-12-33(38)24-27-47(48)53/h1-32H. The van der Waals surface area contributed by atoms with Crippen LogP contribution in [0.5, 0.6) is 0 Å². The third-order valence-corrected chi connectivity index (χ3v) is 11.8. The molecule has 11 aromatic rings. The van der Waals surface area contributed by atoms with Crippen LogP contribution in [0.4, 0.5) is 0 Å². The molecule has 258 valence electrons. The third kappa shape index (κ3) is 4.63. The normalized spacial score (nSPS) is 11.9. The Balaban J connectivity index is 1.08. The van der Waals surface area contributed by atoms with Gasteiger partial charge in [0.15, 0.2) is 5.82 Å². The molecule has 1 aromatic heterocycles. The lowest BCUT2D eigenvalue weighted by atomic mass is 9.86. The van der Waals surface area contributed by atoms with E-state index < -0.39 is 0 Å². The largest absolute Gasteiger partial charge is 0.228 e. The Labute approximate surface area is 324 Å². The fraction of sp³-hybridized carbons (Fsp3) is 0. The van der Waals surface area contributed by atoms with Gasteiger partial charge in [0.1, 0.15) is 0 Å². The minimum absolute atomic E-state index is 0.712. The topological polar surface area (TPSA) is 25.8 Å². The van der Waals surface area contributed by atoms with Gasteiger partial charge in [-0.05, 0) is 105 Å². The van der Waals surface area contributed by atoms with Crippen LogP contribution in [0.3, 0.4) is 0 Å². The van der Waals surface area contributed by atoms with E-state index in [1.807, 2.05) is 6.07 Å². The molecule has 0 saturated carbocycles. The summed E-state index contributed by atoms with van der Waals surface area (Å²) in [5.41, 5.74) is 12.5. The van der Waals surface area contributed by atoms with Crippen molar-refractivity contribution in [3.05, 3.63) is 194 Å². The molecule has 0 atom stereocenters. The zero-order valence-electron chi connectivity index (χ0n) is 30.4. The highest BCUT2D eigenvalue weighted by molar-refractivity contribution is 6.23. The van der Waals surface area contributed by atoms with Gasteiger partial charge in [-0.25, -0.2) is 9.97 Å². The van der Waals surface area contributed by atoms with Crippen molar-refractivity contribution < 1.29 is 0 Å². The monoisotopic (exact) mass is 708 g/mol. The molecule has 0 bridgehead atoms. The molecule has 1 aliphatic carbocycles. The quantitative estimate of drug-likeness (QED) is 0.134. The molecule has 2 heteroatoms. The summed E-state index contributed by atoms with van der Waals surface area (Å²) in [5.74, 6) is 0.712. The van der Waals surface area contributed by atoms with Gasteiger partial charge in [-0.2, -0.15) is 0 Å². The Morgan fingerprint density at radius 2 is 0.893 bits per heavy atom. The van der Waals surface area contributed by atoms with Gasteiger partial charge in [0.2, 0.25) is 0 Å². The maximum absolute atomic E-state index is 5.31. The summed E-state index contributed by atoms with van der Waals surface area (Å²) in [7, 11) is 0. The number of hydrogen-bond acceptors (Lipinski definition) is 2. The number of rotatable bonds is 4. The first-order valence-corrected chi connectivity index (χ1v) is 19.2. The predicted octanol–water partition coefficient (Wildman–Crippen LogP) is 14.6. The molecule has 0 fully saturated rings. The van der Waals surface area contributed by atoms with Gasteiger partial charge in [0.05, 0.1) is 11.4 Å². The highest BCUT2D eigenvalue weighted by atomic mass is 14.9. The zero-order valence-corrected chi connectivity index (χ0v) is 30.4. The molecule has 2 nitrogen and oxygen atoms in total. The van der Waals surface area contributed by atoms with E-state index in [2.05, 4.69) is 188 Å². The number of benzene rings is 10. The lowest BCUT2D eigenvalue weighted by Gasteiger charge is -2.18. The first kappa shape index (κ1) is 31.0. The van der Waals surface area contributed by atoms with Gasteiger partial charge >= 0.3 is 0 Å². The Hall–Kier alpha value is -7.42. The van der Waals surface area contributed by atoms with E-state index in [-0.39, 0.29) is 0 Å². The first-order chi connectivity index (χ1) is 27.8. The van der Waals surface area contributed by atoms with Crippen LogP contribution < -0.4 is 0 Å². The molecule has 0 saturated heterocycles. The molecular weight excluding hydrogens is 677 g/mol. The SMILES string of the molecule is c1ccc(-c2nc(-c3ccc4c(c3)-c3cccc5cccc-4c35)cc(-c3ccc(-c4c5ccccc5cc5c4ccc4ccccc45)c4ccccc34)n2)cc1. The van der Waals surface area contributed by atoms with Crippen molar-refractivity contribution in [2.75, 3.05) is 0 Å². The highest BCUT2D eigenvalue weighted by Gasteiger charge is 2.23. The summed E-state index contributed by atoms with van der Waals surface area (Å²) in [5, 5.41) is 12.5. The number of aromatic nitrogens is 2. The molecule has 56 heavy (non-hydrogen) atoms. The van der Waals surface area contributed by atoms with Crippen LogP contribution in [-0.4, -0.2) is 9.97 Å². The average Bonchev–Trinajstić information content (AvgIpc) is 3.59. The van der Waals surface area contributed by atoms with Gasteiger partial charge in [-0.3, -0.25) is 0 Å². The Kier molecular flexibility index (Phi) is 6.66. The molecule has 1 heterocycles. The summed E-state index contributed by atoms with van der Waals surface area (Å²) in [6, 6.07) is 70.4. The maximum atomic E-state index is 5.31. The minimum atomic E-state index is 0.712. The summed E-state index contributed by atoms with van der Waals surface area (Å²) in [6.45, 7) is 0. The van der Waals surface area contributed by atoms with Crippen LogP contribution in [0.2, 0.25) is 0 Å². The van der Waals surface area contributed by atoms with Crippen LogP contribution in [0.15, 0.2) is 194 Å². The molecular formula is C54H32N2. The lowest BCUT2D eigenvalue weighted by Crippen LogP contribution is -1.97. The van der Waals surface area contributed by atoms with Crippen LogP contribution in [0, 0.1) is 0 Å². The van der Waals surface area contributed by atoms with Crippen molar-refractivity contribution in [1.82, 2.24) is 9.97 Å². The molecule has 0 unspecified atom stereocenters. The van der Waals surface area contributed by atoms with Gasteiger partial charge < -0.3 is 0 Å². The Bertz CT molecular complexity index is 3410. The summed E-state index contributed by atoms with van der Waals surface area (Å²) in [4.78, 5) is 10.6. The fourth-order valence-electron chi connectivity index (χ4n) is 9.25. The Morgan fingerprint density at radius 1 is 0.268 bits per heavy atom. The van der Waals surface area contributed by atoms with Crippen molar-refractivity contribution in [1.29, 1.82) is 0 Å². The average molecular weight is 709 g/mol. The second kappa shape index (κ2) is 12.0. The van der Waals surface area contributed by atoms with E-state index in [0.29, 0.717) is 5.82 Å². The number of hydrogen-bond donors (Lipinski definition) is 0. The maximum Gasteiger partial charge on any atom is 0.160 e.